The maximum absolute atomic E-state index is 13.0. The Bertz CT molecular complexity index is 811. The van der Waals surface area contributed by atoms with Crippen LogP contribution in [0.5, 0.6) is 0 Å². The minimum absolute atomic E-state index is 0. The SMILES string of the molecule is CN1CCCC(C(=O)N2CCN(C(c3ccccc3)c3ccc(Cl)cc3)CC2)C1.Cl.Cl. The summed E-state index contributed by atoms with van der Waals surface area (Å²) in [5.41, 5.74) is 2.53. The van der Waals surface area contributed by atoms with Crippen molar-refractivity contribution in [1.82, 2.24) is 14.7 Å². The molecular weight excluding hydrogens is 453 g/mol. The number of rotatable bonds is 4. The lowest BCUT2D eigenvalue weighted by atomic mass is 9.95. The molecule has 31 heavy (non-hydrogen) atoms. The Hall–Kier alpha value is -1.30. The van der Waals surface area contributed by atoms with Crippen molar-refractivity contribution >= 4 is 42.3 Å². The normalized spacial score (nSPS) is 21.0. The third-order valence-electron chi connectivity index (χ3n) is 6.27. The van der Waals surface area contributed by atoms with Crippen LogP contribution in [0.15, 0.2) is 54.6 Å². The van der Waals surface area contributed by atoms with Crippen LogP contribution in [0.3, 0.4) is 0 Å². The molecule has 2 atom stereocenters. The van der Waals surface area contributed by atoms with Crippen LogP contribution in [-0.2, 0) is 4.79 Å². The van der Waals surface area contributed by atoms with Gasteiger partial charge in [0.15, 0.2) is 0 Å². The van der Waals surface area contributed by atoms with Gasteiger partial charge >= 0.3 is 0 Å². The first kappa shape index (κ1) is 26.0. The standard InChI is InChI=1S/C24H30ClN3O.2ClH/c1-26-13-5-8-21(18-26)24(29)28-16-14-27(15-17-28)23(19-6-3-2-4-7-19)20-9-11-22(25)12-10-20;;/h2-4,6-7,9-12,21,23H,5,8,13-18H2,1H3;2*1H. The van der Waals surface area contributed by atoms with Crippen LogP contribution in [-0.4, -0.2) is 66.9 Å². The Labute approximate surface area is 203 Å². The van der Waals surface area contributed by atoms with E-state index in [2.05, 4.69) is 64.2 Å². The van der Waals surface area contributed by atoms with Crippen molar-refractivity contribution < 1.29 is 4.79 Å². The van der Waals surface area contributed by atoms with Crippen LogP contribution < -0.4 is 0 Å². The van der Waals surface area contributed by atoms with E-state index in [9.17, 15) is 4.79 Å². The van der Waals surface area contributed by atoms with Crippen LogP contribution in [0.1, 0.15) is 30.0 Å². The average molecular weight is 485 g/mol. The van der Waals surface area contributed by atoms with E-state index in [0.29, 0.717) is 5.91 Å². The number of hydrogen-bond donors (Lipinski definition) is 0. The fourth-order valence-corrected chi connectivity index (χ4v) is 4.85. The molecule has 1 amide bonds. The zero-order valence-electron chi connectivity index (χ0n) is 18.0. The average Bonchev–Trinajstić information content (AvgIpc) is 2.76. The summed E-state index contributed by atoms with van der Waals surface area (Å²) >= 11 is 6.12. The first-order chi connectivity index (χ1) is 14.1. The van der Waals surface area contributed by atoms with E-state index in [1.807, 2.05) is 12.1 Å². The number of piperazine rings is 1. The number of amides is 1. The number of likely N-dealkylation sites (tertiary alicyclic amines) is 1. The Morgan fingerprint density at radius 1 is 0.903 bits per heavy atom. The first-order valence-corrected chi connectivity index (χ1v) is 11.0. The predicted octanol–water partition coefficient (Wildman–Crippen LogP) is 4.76. The van der Waals surface area contributed by atoms with Crippen LogP contribution in [0.25, 0.3) is 0 Å². The van der Waals surface area contributed by atoms with Crippen LogP contribution in [0, 0.1) is 5.92 Å². The van der Waals surface area contributed by atoms with Crippen LogP contribution in [0.2, 0.25) is 5.02 Å². The van der Waals surface area contributed by atoms with Gasteiger partial charge in [-0.05, 0) is 49.7 Å². The molecule has 0 N–H and O–H groups in total. The lowest BCUT2D eigenvalue weighted by Gasteiger charge is -2.41. The fourth-order valence-electron chi connectivity index (χ4n) is 4.72. The molecule has 0 aromatic heterocycles. The summed E-state index contributed by atoms with van der Waals surface area (Å²) in [5, 5.41) is 0.758. The Kier molecular flexibility index (Phi) is 10.1. The summed E-state index contributed by atoms with van der Waals surface area (Å²) in [4.78, 5) is 19.9. The predicted molar refractivity (Wildman–Crippen MR) is 133 cm³/mol. The van der Waals surface area contributed by atoms with Crippen molar-refractivity contribution in [2.75, 3.05) is 46.3 Å². The van der Waals surface area contributed by atoms with Gasteiger partial charge in [0, 0.05) is 37.7 Å². The molecule has 4 rings (SSSR count). The summed E-state index contributed by atoms with van der Waals surface area (Å²) in [6, 6.07) is 19.0. The van der Waals surface area contributed by atoms with Gasteiger partial charge in [-0.25, -0.2) is 0 Å². The monoisotopic (exact) mass is 483 g/mol. The van der Waals surface area contributed by atoms with Crippen molar-refractivity contribution in [2.24, 2.45) is 5.92 Å². The second-order valence-electron chi connectivity index (χ2n) is 8.33. The van der Waals surface area contributed by atoms with Gasteiger partial charge in [0.1, 0.15) is 0 Å². The molecule has 2 saturated heterocycles. The van der Waals surface area contributed by atoms with E-state index in [0.717, 1.165) is 57.1 Å². The zero-order chi connectivity index (χ0) is 20.2. The largest absolute Gasteiger partial charge is 0.340 e. The number of hydrogen-bond acceptors (Lipinski definition) is 3. The van der Waals surface area contributed by atoms with E-state index in [1.54, 1.807) is 0 Å². The maximum Gasteiger partial charge on any atom is 0.227 e. The zero-order valence-corrected chi connectivity index (χ0v) is 20.3. The van der Waals surface area contributed by atoms with E-state index in [4.69, 9.17) is 11.6 Å². The summed E-state index contributed by atoms with van der Waals surface area (Å²) < 4.78 is 0. The number of carbonyl (C=O) groups is 1. The molecule has 2 aliphatic rings. The highest BCUT2D eigenvalue weighted by molar-refractivity contribution is 6.30. The number of nitrogens with zero attached hydrogens (tertiary/aromatic N) is 3. The molecule has 4 nitrogen and oxygen atoms in total. The van der Waals surface area contributed by atoms with Gasteiger partial charge in [-0.1, -0.05) is 54.1 Å². The molecule has 0 aliphatic carbocycles. The fraction of sp³-hybridized carbons (Fsp3) is 0.458. The van der Waals surface area contributed by atoms with Crippen molar-refractivity contribution in [1.29, 1.82) is 0 Å². The third kappa shape index (κ3) is 6.36. The summed E-state index contributed by atoms with van der Waals surface area (Å²) in [6.45, 7) is 5.38. The maximum atomic E-state index is 13.0. The Morgan fingerprint density at radius 3 is 2.13 bits per heavy atom. The van der Waals surface area contributed by atoms with Gasteiger partial charge in [-0.3, -0.25) is 9.69 Å². The van der Waals surface area contributed by atoms with Gasteiger partial charge in [-0.2, -0.15) is 0 Å². The highest BCUT2D eigenvalue weighted by atomic mass is 35.5. The molecule has 2 fully saturated rings. The number of carbonyl (C=O) groups excluding carboxylic acids is 1. The van der Waals surface area contributed by atoms with E-state index >= 15 is 0 Å². The van der Waals surface area contributed by atoms with Gasteiger partial charge in [0.25, 0.3) is 0 Å². The van der Waals surface area contributed by atoms with E-state index in [-0.39, 0.29) is 36.8 Å². The molecule has 0 radical (unpaired) electrons. The van der Waals surface area contributed by atoms with Crippen molar-refractivity contribution in [3.05, 3.63) is 70.7 Å². The van der Waals surface area contributed by atoms with Crippen molar-refractivity contribution in [2.45, 2.75) is 18.9 Å². The molecule has 2 aromatic carbocycles. The second kappa shape index (κ2) is 12.1. The minimum Gasteiger partial charge on any atom is -0.340 e. The summed E-state index contributed by atoms with van der Waals surface area (Å²) in [5.74, 6) is 0.514. The molecule has 2 unspecified atom stereocenters. The number of benzene rings is 2. The highest BCUT2D eigenvalue weighted by Gasteiger charge is 2.32. The van der Waals surface area contributed by atoms with Crippen molar-refractivity contribution in [3.63, 3.8) is 0 Å². The molecular formula is C24H32Cl3N3O. The molecule has 170 valence electrons. The number of halogens is 3. The molecule has 2 aromatic rings. The molecule has 0 bridgehead atoms. The van der Waals surface area contributed by atoms with E-state index in [1.165, 1.54) is 11.1 Å². The third-order valence-corrected chi connectivity index (χ3v) is 6.52. The molecule has 2 heterocycles. The lowest BCUT2D eigenvalue weighted by molar-refractivity contribution is -0.139. The molecule has 2 aliphatic heterocycles. The topological polar surface area (TPSA) is 26.8 Å². The summed E-state index contributed by atoms with van der Waals surface area (Å²) in [7, 11) is 2.12. The first-order valence-electron chi connectivity index (χ1n) is 10.6. The molecule has 0 spiro atoms. The Balaban J connectivity index is 0.00000171. The molecule has 0 saturated carbocycles. The van der Waals surface area contributed by atoms with Gasteiger partial charge < -0.3 is 9.80 Å². The van der Waals surface area contributed by atoms with Crippen molar-refractivity contribution in [3.8, 4) is 0 Å². The summed E-state index contributed by atoms with van der Waals surface area (Å²) in [6.07, 6.45) is 2.15. The minimum atomic E-state index is 0. The smallest absolute Gasteiger partial charge is 0.227 e. The molecule has 7 heteroatoms. The van der Waals surface area contributed by atoms with Crippen LogP contribution in [0.4, 0.5) is 0 Å². The van der Waals surface area contributed by atoms with Gasteiger partial charge in [-0.15, -0.1) is 24.8 Å². The lowest BCUT2D eigenvalue weighted by Crippen LogP contribution is -2.53. The van der Waals surface area contributed by atoms with E-state index < -0.39 is 0 Å². The Morgan fingerprint density at radius 2 is 1.52 bits per heavy atom. The van der Waals surface area contributed by atoms with Gasteiger partial charge in [0.2, 0.25) is 5.91 Å². The second-order valence-corrected chi connectivity index (χ2v) is 8.76. The number of piperidine rings is 1. The van der Waals surface area contributed by atoms with Crippen LogP contribution >= 0.6 is 36.4 Å². The highest BCUT2D eigenvalue weighted by Crippen LogP contribution is 2.31. The van der Waals surface area contributed by atoms with Gasteiger partial charge in [0.05, 0.1) is 12.0 Å². The quantitative estimate of drug-likeness (QED) is 0.626.